The van der Waals surface area contributed by atoms with E-state index in [-0.39, 0.29) is 0 Å². The molecule has 0 fully saturated rings. The summed E-state index contributed by atoms with van der Waals surface area (Å²) in [6.07, 6.45) is 0. The second-order valence-corrected chi connectivity index (χ2v) is 21.7. The molecule has 412 valence electrons. The third-order valence-electron chi connectivity index (χ3n) is 16.5. The molecule has 6 heterocycles. The van der Waals surface area contributed by atoms with E-state index in [1.165, 1.54) is 0 Å². The predicted molar refractivity (Wildman–Crippen MR) is 356 cm³/mol. The Balaban J connectivity index is 0.000000137. The van der Waals surface area contributed by atoms with Crippen molar-refractivity contribution < 1.29 is 8.83 Å². The monoisotopic (exact) mass is 1130 g/mol. The number of hydrogen-bond donors (Lipinski definition) is 0. The average Bonchev–Trinajstić information content (AvgIpc) is 1.68. The summed E-state index contributed by atoms with van der Waals surface area (Å²) in [5, 5.41) is 8.76. The summed E-state index contributed by atoms with van der Waals surface area (Å²) in [5.41, 5.74) is 15.5. The number of rotatable bonds is 8. The van der Waals surface area contributed by atoms with Gasteiger partial charge in [0.1, 0.15) is 22.3 Å². The van der Waals surface area contributed by atoms with Crippen molar-refractivity contribution in [3.8, 4) is 79.7 Å². The molecule has 18 aromatic rings. The van der Waals surface area contributed by atoms with Gasteiger partial charge in [-0.1, -0.05) is 218 Å². The largest absolute Gasteiger partial charge is 0.455 e. The number of nitrogens with zero attached hydrogens (tertiary/aromatic N) is 8. The van der Waals surface area contributed by atoms with Gasteiger partial charge in [-0.2, -0.15) is 0 Å². The van der Waals surface area contributed by atoms with Gasteiger partial charge in [0, 0.05) is 71.5 Å². The van der Waals surface area contributed by atoms with Gasteiger partial charge in [0.2, 0.25) is 0 Å². The normalized spacial score (nSPS) is 11.6. The highest BCUT2D eigenvalue weighted by Crippen LogP contribution is 2.44. The first kappa shape index (κ1) is 50.4. The Morgan fingerprint density at radius 2 is 0.602 bits per heavy atom. The summed E-state index contributed by atoms with van der Waals surface area (Å²) < 4.78 is 18.0. The fourth-order valence-corrected chi connectivity index (χ4v) is 12.5. The van der Waals surface area contributed by atoms with Crippen molar-refractivity contribution in [2.45, 2.75) is 0 Å². The molecule has 0 aliphatic carbocycles. The minimum absolute atomic E-state index is 0.574. The minimum Gasteiger partial charge on any atom is -0.455 e. The molecule has 6 aromatic heterocycles. The molecular weight excluding hydrogens is 1080 g/mol. The van der Waals surface area contributed by atoms with E-state index in [2.05, 4.69) is 149 Å². The average molecular weight is 1130 g/mol. The number of para-hydroxylation sites is 5. The Labute approximate surface area is 503 Å². The van der Waals surface area contributed by atoms with Crippen LogP contribution in [-0.2, 0) is 0 Å². The zero-order valence-corrected chi connectivity index (χ0v) is 47.1. The van der Waals surface area contributed by atoms with Gasteiger partial charge in [0.25, 0.3) is 0 Å². The molecule has 88 heavy (non-hydrogen) atoms. The van der Waals surface area contributed by atoms with Crippen LogP contribution >= 0.6 is 0 Å². The molecule has 0 saturated carbocycles. The third kappa shape index (κ3) is 8.49. The highest BCUT2D eigenvalue weighted by atomic mass is 16.3. The van der Waals surface area contributed by atoms with Crippen LogP contribution in [0.2, 0.25) is 0 Å². The van der Waals surface area contributed by atoms with E-state index in [1.807, 2.05) is 152 Å². The van der Waals surface area contributed by atoms with Gasteiger partial charge in [-0.15, -0.1) is 0 Å². The SMILES string of the molecule is c1ccc(-c2nc(-c3ccccc3)nc(-c3ccc4c5c6oc7ccccc7c6ccc5n(-c5ccccc5)c4c3)n2)cc1.c1ccc(-c2nc(-c3ccccc3)nc(-c3cccc4c3oc3c4ccc4c3c3ccccc3n4-c3ccccc3)n2)cc1. The molecule has 0 saturated heterocycles. The van der Waals surface area contributed by atoms with Crippen molar-refractivity contribution in [1.29, 1.82) is 0 Å². The molecule has 10 nitrogen and oxygen atoms in total. The van der Waals surface area contributed by atoms with Gasteiger partial charge < -0.3 is 18.0 Å². The molecule has 0 aliphatic rings. The van der Waals surface area contributed by atoms with Gasteiger partial charge in [-0.3, -0.25) is 0 Å². The smallest absolute Gasteiger partial charge is 0.167 e. The fraction of sp³-hybridized carbons (Fsp3) is 0. The minimum atomic E-state index is 0.574. The maximum Gasteiger partial charge on any atom is 0.167 e. The molecular formula is C78H48N8O2. The molecule has 0 radical (unpaired) electrons. The van der Waals surface area contributed by atoms with E-state index in [0.717, 1.165) is 132 Å². The van der Waals surface area contributed by atoms with E-state index in [1.54, 1.807) is 0 Å². The lowest BCUT2D eigenvalue weighted by Gasteiger charge is -2.10. The van der Waals surface area contributed by atoms with E-state index in [4.69, 9.17) is 38.7 Å². The first-order valence-electron chi connectivity index (χ1n) is 29.3. The van der Waals surface area contributed by atoms with E-state index in [9.17, 15) is 0 Å². The van der Waals surface area contributed by atoms with E-state index >= 15 is 0 Å². The van der Waals surface area contributed by atoms with Crippen molar-refractivity contribution in [1.82, 2.24) is 39.0 Å². The molecule has 0 aliphatic heterocycles. The van der Waals surface area contributed by atoms with Crippen LogP contribution in [0, 0.1) is 0 Å². The van der Waals surface area contributed by atoms with Crippen LogP contribution in [0.25, 0.3) is 167 Å². The summed E-state index contributed by atoms with van der Waals surface area (Å²) in [5.74, 6) is 3.72. The molecule has 0 amide bonds. The Bertz CT molecular complexity index is 5550. The van der Waals surface area contributed by atoms with Gasteiger partial charge in [-0.25, -0.2) is 29.9 Å². The molecule has 12 aromatic carbocycles. The van der Waals surface area contributed by atoms with Crippen molar-refractivity contribution in [2.75, 3.05) is 0 Å². The number of fused-ring (bicyclic) bond motifs is 14. The van der Waals surface area contributed by atoms with Crippen LogP contribution in [0.1, 0.15) is 0 Å². The summed E-state index contributed by atoms with van der Waals surface area (Å²) in [6.45, 7) is 0. The van der Waals surface area contributed by atoms with Crippen LogP contribution < -0.4 is 0 Å². The molecule has 0 atom stereocenters. The van der Waals surface area contributed by atoms with Gasteiger partial charge >= 0.3 is 0 Å². The third-order valence-corrected chi connectivity index (χ3v) is 16.5. The molecule has 18 rings (SSSR count). The zero-order chi connectivity index (χ0) is 58.1. The lowest BCUT2D eigenvalue weighted by Crippen LogP contribution is -2.00. The maximum absolute atomic E-state index is 6.89. The second-order valence-electron chi connectivity index (χ2n) is 21.7. The molecule has 0 unspecified atom stereocenters. The first-order chi connectivity index (χ1) is 43.6. The number of furan rings is 2. The highest BCUT2D eigenvalue weighted by molar-refractivity contribution is 6.26. The Morgan fingerprint density at radius 1 is 0.227 bits per heavy atom. The fourth-order valence-electron chi connectivity index (χ4n) is 12.5. The summed E-state index contributed by atoms with van der Waals surface area (Å²) in [4.78, 5) is 29.7. The molecule has 10 heteroatoms. The molecule has 0 bridgehead atoms. The van der Waals surface area contributed by atoms with Crippen molar-refractivity contribution in [2.24, 2.45) is 0 Å². The Kier molecular flexibility index (Phi) is 12.0. The predicted octanol–water partition coefficient (Wildman–Crippen LogP) is 19.7. The lowest BCUT2D eigenvalue weighted by atomic mass is 10.1. The number of hydrogen-bond acceptors (Lipinski definition) is 8. The first-order valence-corrected chi connectivity index (χ1v) is 29.3. The molecule has 0 N–H and O–H groups in total. The summed E-state index contributed by atoms with van der Waals surface area (Å²) in [7, 11) is 0. The maximum atomic E-state index is 6.89. The summed E-state index contributed by atoms with van der Waals surface area (Å²) >= 11 is 0. The molecule has 0 spiro atoms. The Morgan fingerprint density at radius 3 is 1.14 bits per heavy atom. The van der Waals surface area contributed by atoms with Gasteiger partial charge in [0.05, 0.1) is 38.4 Å². The van der Waals surface area contributed by atoms with Crippen molar-refractivity contribution in [3.05, 3.63) is 291 Å². The number of aromatic nitrogens is 8. The summed E-state index contributed by atoms with van der Waals surface area (Å²) in [6, 6.07) is 99.3. The standard InChI is InChI=1S/2C39H24N4O/c1-4-13-25(14-5-1)37-40-38(26-15-6-2-7-16-26)42-39(41-37)31-21-12-20-28-29-23-24-33-34(36(29)44-35(28)31)30-19-10-11-22-32(30)43(33)27-17-8-3-9-18-27;1-4-12-25(13-5-1)37-40-38(26-14-6-2-7-15-26)42-39(41-37)27-20-21-31-33(24-27)43(28-16-8-3-9-17-28)32-23-22-30-29-18-10-11-19-34(29)44-36(30)35(31)32/h2*1-24H. The van der Waals surface area contributed by atoms with Crippen LogP contribution in [-0.4, -0.2) is 39.0 Å². The van der Waals surface area contributed by atoms with Crippen molar-refractivity contribution >= 4 is 87.5 Å². The van der Waals surface area contributed by atoms with Crippen LogP contribution in [0.5, 0.6) is 0 Å². The van der Waals surface area contributed by atoms with Crippen LogP contribution in [0.4, 0.5) is 0 Å². The van der Waals surface area contributed by atoms with E-state index in [0.29, 0.717) is 34.9 Å². The number of benzene rings is 12. The van der Waals surface area contributed by atoms with Gasteiger partial charge in [-0.05, 0) is 72.8 Å². The second kappa shape index (κ2) is 20.9. The Hall–Kier alpha value is -12.1. The lowest BCUT2D eigenvalue weighted by molar-refractivity contribution is 0.672. The van der Waals surface area contributed by atoms with Gasteiger partial charge in [0.15, 0.2) is 34.9 Å². The van der Waals surface area contributed by atoms with Crippen molar-refractivity contribution in [3.63, 3.8) is 0 Å². The van der Waals surface area contributed by atoms with Crippen LogP contribution in [0.15, 0.2) is 300 Å². The van der Waals surface area contributed by atoms with E-state index < -0.39 is 0 Å². The highest BCUT2D eigenvalue weighted by Gasteiger charge is 2.24. The topological polar surface area (TPSA) is 113 Å². The zero-order valence-electron chi connectivity index (χ0n) is 47.1. The quantitative estimate of drug-likeness (QED) is 0.148. The van der Waals surface area contributed by atoms with Crippen LogP contribution in [0.3, 0.4) is 0 Å².